The van der Waals surface area contributed by atoms with Gasteiger partial charge in [0.2, 0.25) is 5.90 Å². The number of amides is 2. The van der Waals surface area contributed by atoms with Gasteiger partial charge in [-0.25, -0.2) is 38.9 Å². The van der Waals surface area contributed by atoms with Gasteiger partial charge >= 0.3 is 13.1 Å². The van der Waals surface area contributed by atoms with Gasteiger partial charge in [-0.05, 0) is 51.4 Å². The predicted molar refractivity (Wildman–Crippen MR) is 169 cm³/mol. The molecule has 47 heavy (non-hydrogen) atoms. The van der Waals surface area contributed by atoms with E-state index in [1.54, 1.807) is 28.8 Å². The average Bonchev–Trinajstić information content (AvgIpc) is 3.87. The van der Waals surface area contributed by atoms with Gasteiger partial charge in [0, 0.05) is 17.1 Å². The van der Waals surface area contributed by atoms with E-state index in [2.05, 4.69) is 0 Å². The molecule has 0 atom stereocenters. The van der Waals surface area contributed by atoms with Crippen LogP contribution in [0.25, 0.3) is 0 Å². The first kappa shape index (κ1) is 36.2. The summed E-state index contributed by atoms with van der Waals surface area (Å²) in [4.78, 5) is 15.3. The molecule has 2 aliphatic carbocycles. The molecule has 2 saturated carbocycles. The van der Waals surface area contributed by atoms with Gasteiger partial charge in [-0.2, -0.15) is 51.8 Å². The molecule has 7 rings (SSSR count). The van der Waals surface area contributed by atoms with E-state index in [9.17, 15) is 18.0 Å². The van der Waals surface area contributed by atoms with Crippen LogP contribution in [0.3, 0.4) is 0 Å². The summed E-state index contributed by atoms with van der Waals surface area (Å²) in [6.45, 7) is 0. The third-order valence-electron chi connectivity index (χ3n) is 8.65. The molecule has 0 spiro atoms. The molecule has 0 bridgehead atoms. The van der Waals surface area contributed by atoms with E-state index in [4.69, 9.17) is 4.65 Å². The maximum absolute atomic E-state index is 15.0. The second kappa shape index (κ2) is 17.5. The molecule has 3 aliphatic rings. The van der Waals surface area contributed by atoms with Crippen LogP contribution in [0.1, 0.15) is 69.8 Å². The molecule has 2 fully saturated rings. The summed E-state index contributed by atoms with van der Waals surface area (Å²) in [5.74, 6) is -10.2. The molecule has 0 unspecified atom stereocenters. The fourth-order valence-electron chi connectivity index (χ4n) is 6.37. The van der Waals surface area contributed by atoms with Crippen LogP contribution in [-0.2, 0) is 21.7 Å². The van der Waals surface area contributed by atoms with E-state index < -0.39 is 53.7 Å². The predicted octanol–water partition coefficient (Wildman–Crippen LogP) is 8.46. The minimum absolute atomic E-state index is 0. The smallest absolute Gasteiger partial charge is 0.497 e. The Balaban J connectivity index is 0.000000352. The van der Waals surface area contributed by atoms with Crippen LogP contribution in [0.4, 0.5) is 26.7 Å². The standard InChI is InChI=1S/C25H26BF5N2O2.C6H6.C5H5.Fe/c27-19-18(20(28)22(30)23(31)21(19)29)26-33(17-13-5-2-6-14-17)25(34)32(16-11-3-1-4-12-16)24(35-26)15-9-7-8-10-15;1-2-4-6-5-3-1;1-2-4-5-3-1;/h7-10,16-17H,1-6,11-14H2;1-6H;1-5H;/q;;-1;. The monoisotopic (exact) mass is 691 g/mol. The van der Waals surface area contributed by atoms with Gasteiger partial charge in [0.15, 0.2) is 29.1 Å². The molecule has 0 N–H and O–H groups in total. The SMILES string of the molecule is O=C1N(C2CCCCC2)B(c2c(F)c(F)c(F)c(F)c2F)OC(c2cc[cH-]c2)=[N+]1C1CCCCC1.[Fe].c1cc[cH-]c1.c1ccccc1. The van der Waals surface area contributed by atoms with Gasteiger partial charge in [-0.3, -0.25) is 0 Å². The topological polar surface area (TPSA) is 32.6 Å². The van der Waals surface area contributed by atoms with E-state index in [-0.39, 0.29) is 29.0 Å². The van der Waals surface area contributed by atoms with Crippen LogP contribution in [0.15, 0.2) is 91.0 Å². The van der Waals surface area contributed by atoms with E-state index in [0.717, 1.165) is 51.4 Å². The average molecular weight is 691 g/mol. The van der Waals surface area contributed by atoms with Crippen LogP contribution < -0.4 is 5.46 Å². The van der Waals surface area contributed by atoms with Gasteiger partial charge in [0.05, 0.1) is 11.5 Å². The summed E-state index contributed by atoms with van der Waals surface area (Å²) in [5, 5.41) is 0. The zero-order valence-corrected chi connectivity index (χ0v) is 27.0. The summed E-state index contributed by atoms with van der Waals surface area (Å²) < 4.78 is 80.0. The fourth-order valence-corrected chi connectivity index (χ4v) is 6.37. The van der Waals surface area contributed by atoms with Gasteiger partial charge < -0.3 is 4.65 Å². The number of halogens is 5. The summed E-state index contributed by atoms with van der Waals surface area (Å²) in [6.07, 6.45) is 8.03. The second-order valence-corrected chi connectivity index (χ2v) is 11.7. The summed E-state index contributed by atoms with van der Waals surface area (Å²) in [5.41, 5.74) is -0.617. The third-order valence-corrected chi connectivity index (χ3v) is 8.65. The normalized spacial score (nSPS) is 17.2. The Labute approximate surface area is 283 Å². The van der Waals surface area contributed by atoms with Gasteiger partial charge in [-0.15, -0.1) is 0 Å². The van der Waals surface area contributed by atoms with E-state index in [1.807, 2.05) is 66.7 Å². The zero-order chi connectivity index (χ0) is 32.5. The van der Waals surface area contributed by atoms with Gasteiger partial charge in [0.25, 0.3) is 0 Å². The summed E-state index contributed by atoms with van der Waals surface area (Å²) in [6, 6.07) is 27.7. The first-order chi connectivity index (χ1) is 22.4. The fraction of sp³-hybridized carbons (Fsp3) is 0.333. The quantitative estimate of drug-likeness (QED) is 0.0538. The Morgan fingerprint density at radius 1 is 0.681 bits per heavy atom. The molecule has 2 amide bonds. The molecule has 0 radical (unpaired) electrons. The Morgan fingerprint density at radius 2 is 1.19 bits per heavy atom. The van der Waals surface area contributed by atoms with Crippen molar-refractivity contribution in [3.63, 3.8) is 0 Å². The number of carbonyl (C=O) groups excluding carboxylic acids is 1. The molecule has 1 heterocycles. The minimum Gasteiger partial charge on any atom is -0.497 e. The number of urea groups is 1. The Bertz CT molecular complexity index is 1500. The first-order valence-electron chi connectivity index (χ1n) is 15.9. The van der Waals surface area contributed by atoms with Crippen molar-refractivity contribution in [2.24, 2.45) is 0 Å². The summed E-state index contributed by atoms with van der Waals surface area (Å²) >= 11 is 0. The molecule has 4 nitrogen and oxygen atoms in total. The number of hydrogen-bond acceptors (Lipinski definition) is 2. The minimum atomic E-state index is -2.24. The Hall–Kier alpha value is -3.69. The molecule has 1 aliphatic heterocycles. The molecular weight excluding hydrogens is 654 g/mol. The number of rotatable bonds is 4. The molecule has 250 valence electrons. The molecular formula is C36H37BF5FeN2O2-. The van der Waals surface area contributed by atoms with Gasteiger partial charge in [-0.1, -0.05) is 54.8 Å². The third kappa shape index (κ3) is 8.43. The molecule has 4 aromatic rings. The molecule has 4 aromatic carbocycles. The molecule has 0 saturated heterocycles. The van der Waals surface area contributed by atoms with E-state index >= 15 is 8.78 Å². The summed E-state index contributed by atoms with van der Waals surface area (Å²) in [7, 11) is -1.78. The zero-order valence-electron chi connectivity index (χ0n) is 25.9. The number of benzene rings is 2. The number of nitrogens with zero attached hydrogens (tertiary/aromatic N) is 2. The Morgan fingerprint density at radius 3 is 1.66 bits per heavy atom. The van der Waals surface area contributed by atoms with Crippen LogP contribution in [0.2, 0.25) is 0 Å². The van der Waals surface area contributed by atoms with Crippen molar-refractivity contribution in [2.45, 2.75) is 76.3 Å². The first-order valence-corrected chi connectivity index (χ1v) is 15.9. The maximum atomic E-state index is 15.0. The van der Waals surface area contributed by atoms with Crippen molar-refractivity contribution in [2.75, 3.05) is 0 Å². The van der Waals surface area contributed by atoms with Crippen LogP contribution in [-0.4, -0.2) is 40.4 Å². The van der Waals surface area contributed by atoms with Crippen molar-refractivity contribution in [3.05, 3.63) is 126 Å². The van der Waals surface area contributed by atoms with E-state index in [0.29, 0.717) is 18.4 Å². The molecule has 11 heteroatoms. The van der Waals surface area contributed by atoms with Crippen molar-refractivity contribution in [3.8, 4) is 0 Å². The van der Waals surface area contributed by atoms with Crippen molar-refractivity contribution >= 4 is 24.4 Å². The van der Waals surface area contributed by atoms with Crippen molar-refractivity contribution in [1.29, 1.82) is 0 Å². The van der Waals surface area contributed by atoms with Crippen molar-refractivity contribution < 1.29 is 53.0 Å². The number of carbonyl (C=O) groups is 1. The van der Waals surface area contributed by atoms with Gasteiger partial charge in [0.1, 0.15) is 6.04 Å². The van der Waals surface area contributed by atoms with Crippen LogP contribution in [0, 0.1) is 29.1 Å². The second-order valence-electron chi connectivity index (χ2n) is 11.7. The largest absolute Gasteiger partial charge is 0.653 e. The van der Waals surface area contributed by atoms with Crippen LogP contribution in [0.5, 0.6) is 0 Å². The number of hydrogen-bond donors (Lipinski definition) is 0. The van der Waals surface area contributed by atoms with E-state index in [1.165, 1.54) is 4.81 Å². The van der Waals surface area contributed by atoms with Crippen molar-refractivity contribution in [1.82, 2.24) is 4.81 Å². The molecule has 0 aromatic heterocycles. The maximum Gasteiger partial charge on any atom is 0.653 e. The Kier molecular flexibility index (Phi) is 13.4. The van der Waals surface area contributed by atoms with Crippen LogP contribution >= 0.6 is 0 Å².